The zero-order valence-electron chi connectivity index (χ0n) is 3.62. The van der Waals surface area contributed by atoms with Crippen LogP contribution in [0.25, 0.3) is 0 Å². The summed E-state index contributed by atoms with van der Waals surface area (Å²) in [5, 5.41) is -0.466. The van der Waals surface area contributed by atoms with Gasteiger partial charge in [0.15, 0.2) is 5.13 Å². The number of halogens is 3. The Morgan fingerprint density at radius 2 is 2.12 bits per heavy atom. The predicted octanol–water partition coefficient (Wildman–Crippen LogP) is 2.63. The zero-order chi connectivity index (χ0) is 6.15. The van der Waals surface area contributed by atoms with Crippen LogP contribution in [0.5, 0.6) is 0 Å². The van der Waals surface area contributed by atoms with E-state index in [0.717, 1.165) is 17.4 Å². The molecule has 44 valence electrons. The van der Waals surface area contributed by atoms with Crippen molar-refractivity contribution in [1.82, 2.24) is 0 Å². The molecule has 0 saturated carbocycles. The van der Waals surface area contributed by atoms with Gasteiger partial charge in [0.25, 0.3) is 0 Å². The maximum atomic E-state index is 12.1. The third kappa shape index (κ3) is 1.17. The first kappa shape index (κ1) is 6.41. The summed E-state index contributed by atoms with van der Waals surface area (Å²) >= 11 is 2.56. The average molecular weight is 246 g/mol. The maximum Gasteiger partial charge on any atom is 0.180 e. The molecule has 8 heavy (non-hydrogen) atoms. The fourth-order valence-corrected chi connectivity index (χ4v) is 1.60. The fraction of sp³-hybridized carbons (Fsp3) is 0. The van der Waals surface area contributed by atoms with Crippen molar-refractivity contribution < 1.29 is 8.78 Å². The molecule has 0 atom stereocenters. The van der Waals surface area contributed by atoms with E-state index in [-0.39, 0.29) is 0 Å². The topological polar surface area (TPSA) is 0 Å². The van der Waals surface area contributed by atoms with Gasteiger partial charge in [0.2, 0.25) is 0 Å². The van der Waals surface area contributed by atoms with E-state index in [9.17, 15) is 8.78 Å². The lowest BCUT2D eigenvalue weighted by atomic mass is 10.6. The van der Waals surface area contributed by atoms with Gasteiger partial charge in [-0.15, -0.1) is 0 Å². The molecule has 0 spiro atoms. The van der Waals surface area contributed by atoms with Crippen molar-refractivity contribution in [2.75, 3.05) is 0 Å². The molecule has 0 aromatic carbocycles. The summed E-state index contributed by atoms with van der Waals surface area (Å²) in [7, 11) is 0. The zero-order valence-corrected chi connectivity index (χ0v) is 6.59. The van der Waals surface area contributed by atoms with Crippen LogP contribution in [0.3, 0.4) is 0 Å². The van der Waals surface area contributed by atoms with Gasteiger partial charge in [0.1, 0.15) is 8.70 Å². The summed E-state index contributed by atoms with van der Waals surface area (Å²) in [4.78, 5) is 0. The molecule has 4 heteroatoms. The van der Waals surface area contributed by atoms with Crippen LogP contribution in [0.15, 0.2) is 6.07 Å². The molecule has 0 aliphatic carbocycles. The Hall–Kier alpha value is 0.290. The molecule has 0 bridgehead atoms. The second kappa shape index (κ2) is 2.26. The van der Waals surface area contributed by atoms with Gasteiger partial charge in [-0.3, -0.25) is 0 Å². The molecule has 1 rings (SSSR count). The summed E-state index contributed by atoms with van der Waals surface area (Å²) < 4.78 is 24.4. The minimum Gasteiger partial charge on any atom is -0.205 e. The smallest absolute Gasteiger partial charge is 0.180 e. The quantitative estimate of drug-likeness (QED) is 0.617. The summed E-state index contributed by atoms with van der Waals surface area (Å²) in [6, 6.07) is 0.881. The molecule has 0 radical (unpaired) electrons. The second-order valence-corrected chi connectivity index (χ2v) is 3.99. The van der Waals surface area contributed by atoms with Crippen LogP contribution in [0.4, 0.5) is 8.78 Å². The standard InChI is InChI=1S/C4HF2IS/c5-2-1-3(6)8-4(2)7/h1H. The molecular formula is C4HF2IS. The van der Waals surface area contributed by atoms with Crippen LogP contribution >= 0.6 is 33.9 Å². The van der Waals surface area contributed by atoms with Gasteiger partial charge in [-0.05, 0) is 22.6 Å². The molecule has 1 heterocycles. The summed E-state index contributed by atoms with van der Waals surface area (Å²) in [6.07, 6.45) is 0. The largest absolute Gasteiger partial charge is 0.205 e. The van der Waals surface area contributed by atoms with Crippen molar-refractivity contribution in [2.45, 2.75) is 0 Å². The molecule has 0 saturated heterocycles. The Balaban J connectivity index is 3.14. The van der Waals surface area contributed by atoms with E-state index >= 15 is 0 Å². The van der Waals surface area contributed by atoms with E-state index in [1.807, 2.05) is 0 Å². The molecule has 0 aliphatic heterocycles. The highest BCUT2D eigenvalue weighted by molar-refractivity contribution is 14.1. The van der Waals surface area contributed by atoms with E-state index in [4.69, 9.17) is 0 Å². The van der Waals surface area contributed by atoms with Gasteiger partial charge in [0, 0.05) is 6.07 Å². The molecular weight excluding hydrogens is 245 g/mol. The highest BCUT2D eigenvalue weighted by Crippen LogP contribution is 2.20. The minimum absolute atomic E-state index is 0.375. The summed E-state index contributed by atoms with van der Waals surface area (Å²) in [6.45, 7) is 0. The number of thiophene rings is 1. The molecule has 0 N–H and O–H groups in total. The lowest BCUT2D eigenvalue weighted by Gasteiger charge is -1.72. The van der Waals surface area contributed by atoms with Gasteiger partial charge in [0.05, 0.1) is 0 Å². The second-order valence-electron chi connectivity index (χ2n) is 1.17. The van der Waals surface area contributed by atoms with E-state index in [1.165, 1.54) is 0 Å². The summed E-state index contributed by atoms with van der Waals surface area (Å²) in [5.74, 6) is -0.465. The molecule has 0 nitrogen and oxygen atoms in total. The van der Waals surface area contributed by atoms with Crippen molar-refractivity contribution in [3.63, 3.8) is 0 Å². The highest BCUT2D eigenvalue weighted by atomic mass is 127. The molecule has 0 amide bonds. The Bertz CT molecular complexity index is 176. The third-order valence-corrected chi connectivity index (χ3v) is 2.48. The molecule has 0 unspecified atom stereocenters. The van der Waals surface area contributed by atoms with Crippen molar-refractivity contribution in [1.29, 1.82) is 0 Å². The van der Waals surface area contributed by atoms with Crippen molar-refractivity contribution in [2.24, 2.45) is 0 Å². The Labute approximate surface area is 62.7 Å². The summed E-state index contributed by atoms with van der Waals surface area (Å²) in [5.41, 5.74) is 0. The van der Waals surface area contributed by atoms with Crippen LogP contribution in [0, 0.1) is 13.8 Å². The van der Waals surface area contributed by atoms with Crippen molar-refractivity contribution >= 4 is 33.9 Å². The van der Waals surface area contributed by atoms with Gasteiger partial charge in [-0.1, -0.05) is 11.3 Å². The Morgan fingerprint density at radius 1 is 1.50 bits per heavy atom. The van der Waals surface area contributed by atoms with Gasteiger partial charge in [-0.2, -0.15) is 4.39 Å². The van der Waals surface area contributed by atoms with Crippen molar-refractivity contribution in [3.8, 4) is 0 Å². The monoisotopic (exact) mass is 246 g/mol. The number of hydrogen-bond acceptors (Lipinski definition) is 1. The van der Waals surface area contributed by atoms with Crippen molar-refractivity contribution in [3.05, 3.63) is 19.9 Å². The minimum atomic E-state index is -0.466. The predicted molar refractivity (Wildman–Crippen MR) is 37.0 cm³/mol. The molecule has 1 aromatic heterocycles. The third-order valence-electron chi connectivity index (χ3n) is 0.615. The maximum absolute atomic E-state index is 12.1. The first-order valence-corrected chi connectivity index (χ1v) is 3.70. The van der Waals surface area contributed by atoms with Crippen LogP contribution in [-0.2, 0) is 0 Å². The van der Waals surface area contributed by atoms with E-state index in [0.29, 0.717) is 2.88 Å². The highest BCUT2D eigenvalue weighted by Gasteiger charge is 2.02. The SMILES string of the molecule is Fc1cc(F)c(I)s1. The first-order chi connectivity index (χ1) is 3.70. The van der Waals surface area contributed by atoms with Crippen LogP contribution < -0.4 is 0 Å². The molecule has 1 aromatic rings. The normalized spacial score (nSPS) is 9.88. The Morgan fingerprint density at radius 3 is 2.25 bits per heavy atom. The van der Waals surface area contributed by atoms with Crippen LogP contribution in [0.2, 0.25) is 0 Å². The van der Waals surface area contributed by atoms with Gasteiger partial charge < -0.3 is 0 Å². The lowest BCUT2D eigenvalue weighted by molar-refractivity contribution is 0.605. The lowest BCUT2D eigenvalue weighted by Crippen LogP contribution is -1.62. The fourth-order valence-electron chi connectivity index (χ4n) is 0.320. The van der Waals surface area contributed by atoms with Gasteiger partial charge >= 0.3 is 0 Å². The molecule has 0 aliphatic rings. The average Bonchev–Trinajstić information content (AvgIpc) is 1.85. The van der Waals surface area contributed by atoms with Crippen LogP contribution in [0.1, 0.15) is 0 Å². The van der Waals surface area contributed by atoms with Gasteiger partial charge in [-0.25, -0.2) is 4.39 Å². The first-order valence-electron chi connectivity index (χ1n) is 1.80. The van der Waals surface area contributed by atoms with Crippen LogP contribution in [-0.4, -0.2) is 0 Å². The number of hydrogen-bond donors (Lipinski definition) is 0. The Kier molecular flexibility index (Phi) is 1.81. The van der Waals surface area contributed by atoms with E-state index in [2.05, 4.69) is 0 Å². The van der Waals surface area contributed by atoms with E-state index < -0.39 is 10.9 Å². The number of rotatable bonds is 0. The van der Waals surface area contributed by atoms with E-state index in [1.54, 1.807) is 22.6 Å². The molecule has 0 fully saturated rings.